The minimum atomic E-state index is -3.47. The van der Waals surface area contributed by atoms with Crippen molar-refractivity contribution in [1.29, 1.82) is 0 Å². The number of hydrogen-bond acceptors (Lipinski definition) is 6. The number of hydrogen-bond donors (Lipinski definition) is 0. The lowest BCUT2D eigenvalue weighted by molar-refractivity contribution is 0.0746. The number of carbonyl (C=O) groups is 1. The summed E-state index contributed by atoms with van der Waals surface area (Å²) in [4.78, 5) is 21.3. The van der Waals surface area contributed by atoms with E-state index in [1.54, 1.807) is 39.9 Å². The second-order valence-corrected chi connectivity index (χ2v) is 9.77. The minimum absolute atomic E-state index is 0.0807. The first kappa shape index (κ1) is 20.0. The molecule has 10 heteroatoms. The number of piperazine rings is 1. The topological polar surface area (TPSA) is 91.1 Å². The first-order valence-corrected chi connectivity index (χ1v) is 11.9. The first-order valence-electron chi connectivity index (χ1n) is 10.5. The van der Waals surface area contributed by atoms with Crippen LogP contribution >= 0.6 is 0 Å². The molecule has 0 aliphatic carbocycles. The van der Waals surface area contributed by atoms with Crippen molar-refractivity contribution in [2.45, 2.75) is 17.7 Å². The second kappa shape index (κ2) is 7.93. The molecule has 1 aromatic carbocycles. The van der Waals surface area contributed by atoms with Crippen molar-refractivity contribution < 1.29 is 13.2 Å². The van der Waals surface area contributed by atoms with Crippen LogP contribution in [-0.2, 0) is 10.0 Å². The van der Waals surface area contributed by atoms with E-state index in [4.69, 9.17) is 0 Å². The summed E-state index contributed by atoms with van der Waals surface area (Å²) < 4.78 is 28.6. The molecule has 0 saturated carbocycles. The lowest BCUT2D eigenvalue weighted by Gasteiger charge is -2.35. The van der Waals surface area contributed by atoms with E-state index in [1.165, 1.54) is 4.31 Å². The Morgan fingerprint density at radius 1 is 0.871 bits per heavy atom. The summed E-state index contributed by atoms with van der Waals surface area (Å²) in [5, 5.41) is 4.57. The largest absolute Gasteiger partial charge is 0.352 e. The van der Waals surface area contributed by atoms with Gasteiger partial charge in [-0.3, -0.25) is 4.79 Å². The molecule has 31 heavy (non-hydrogen) atoms. The summed E-state index contributed by atoms with van der Waals surface area (Å²) >= 11 is 0. The van der Waals surface area contributed by atoms with Crippen molar-refractivity contribution in [2.24, 2.45) is 0 Å². The normalized spacial score (nSPS) is 18.1. The monoisotopic (exact) mass is 440 g/mol. The highest BCUT2D eigenvalue weighted by Gasteiger charge is 2.28. The molecule has 0 atom stereocenters. The van der Waals surface area contributed by atoms with Crippen LogP contribution in [0.1, 0.15) is 23.2 Å². The summed E-state index contributed by atoms with van der Waals surface area (Å²) in [7, 11) is -3.47. The van der Waals surface area contributed by atoms with Crippen LogP contribution in [-0.4, -0.2) is 77.4 Å². The second-order valence-electron chi connectivity index (χ2n) is 7.84. The first-order chi connectivity index (χ1) is 15.0. The van der Waals surface area contributed by atoms with Gasteiger partial charge in [0.1, 0.15) is 5.82 Å². The van der Waals surface area contributed by atoms with Crippen LogP contribution in [0.4, 0.5) is 5.82 Å². The molecule has 3 aromatic rings. The molecular weight excluding hydrogens is 416 g/mol. The Bertz CT molecular complexity index is 1190. The number of carbonyl (C=O) groups excluding carboxylic acids is 1. The molecule has 2 aliphatic rings. The van der Waals surface area contributed by atoms with Gasteiger partial charge in [0.05, 0.1) is 4.90 Å². The smallest absolute Gasteiger partial charge is 0.253 e. The fourth-order valence-electron chi connectivity index (χ4n) is 4.14. The summed E-state index contributed by atoms with van der Waals surface area (Å²) in [6, 6.07) is 10.2. The van der Waals surface area contributed by atoms with E-state index in [0.717, 1.165) is 24.3 Å². The van der Waals surface area contributed by atoms with E-state index >= 15 is 0 Å². The van der Waals surface area contributed by atoms with Gasteiger partial charge in [-0.1, -0.05) is 0 Å². The molecule has 2 saturated heterocycles. The molecule has 0 bridgehead atoms. The van der Waals surface area contributed by atoms with Gasteiger partial charge in [-0.25, -0.2) is 17.9 Å². The highest BCUT2D eigenvalue weighted by molar-refractivity contribution is 7.89. The van der Waals surface area contributed by atoms with Crippen LogP contribution in [0.2, 0.25) is 0 Å². The standard InChI is InChI=1S/C21H24N6O3S/c28-21(17-3-5-18(6-4-17)31(29,30)26-10-1-2-11-26)25-15-13-24(14-16-25)20-8-7-19-22-9-12-27(19)23-20/h3-9,12H,1-2,10-11,13-16H2. The van der Waals surface area contributed by atoms with Crippen molar-refractivity contribution in [2.75, 3.05) is 44.2 Å². The molecule has 4 heterocycles. The van der Waals surface area contributed by atoms with Crippen molar-refractivity contribution >= 4 is 27.4 Å². The maximum Gasteiger partial charge on any atom is 0.253 e. The molecule has 0 spiro atoms. The Morgan fingerprint density at radius 3 is 2.29 bits per heavy atom. The Morgan fingerprint density at radius 2 is 1.58 bits per heavy atom. The summed E-state index contributed by atoms with van der Waals surface area (Å²) in [6.07, 6.45) is 5.32. The molecule has 0 radical (unpaired) electrons. The van der Waals surface area contributed by atoms with E-state index in [9.17, 15) is 13.2 Å². The molecule has 9 nitrogen and oxygen atoms in total. The van der Waals surface area contributed by atoms with Crippen molar-refractivity contribution in [3.63, 3.8) is 0 Å². The quantitative estimate of drug-likeness (QED) is 0.610. The van der Waals surface area contributed by atoms with Crippen LogP contribution in [0.3, 0.4) is 0 Å². The molecule has 162 valence electrons. The molecular formula is C21H24N6O3S. The zero-order valence-electron chi connectivity index (χ0n) is 17.1. The van der Waals surface area contributed by atoms with Crippen LogP contribution in [0, 0.1) is 0 Å². The molecule has 2 aliphatic heterocycles. The lowest BCUT2D eigenvalue weighted by Crippen LogP contribution is -2.49. The van der Waals surface area contributed by atoms with Crippen LogP contribution in [0.15, 0.2) is 53.7 Å². The third kappa shape index (κ3) is 3.77. The number of benzene rings is 1. The van der Waals surface area contributed by atoms with Gasteiger partial charge in [-0.15, -0.1) is 5.10 Å². The molecule has 2 aromatic heterocycles. The lowest BCUT2D eigenvalue weighted by atomic mass is 10.2. The molecule has 0 N–H and O–H groups in total. The minimum Gasteiger partial charge on any atom is -0.352 e. The van der Waals surface area contributed by atoms with E-state index in [-0.39, 0.29) is 10.8 Å². The zero-order valence-corrected chi connectivity index (χ0v) is 17.9. The number of nitrogens with zero attached hydrogens (tertiary/aromatic N) is 6. The van der Waals surface area contributed by atoms with E-state index in [1.807, 2.05) is 18.3 Å². The van der Waals surface area contributed by atoms with Gasteiger partial charge in [0.2, 0.25) is 10.0 Å². The van der Waals surface area contributed by atoms with Crippen LogP contribution in [0.25, 0.3) is 5.65 Å². The van der Waals surface area contributed by atoms with Gasteiger partial charge >= 0.3 is 0 Å². The van der Waals surface area contributed by atoms with E-state index in [2.05, 4.69) is 15.0 Å². The maximum absolute atomic E-state index is 12.9. The number of rotatable bonds is 4. The Hall–Kier alpha value is -2.98. The summed E-state index contributed by atoms with van der Waals surface area (Å²) in [6.45, 7) is 3.65. The number of imidazole rings is 1. The van der Waals surface area contributed by atoms with Crippen molar-refractivity contribution in [1.82, 2.24) is 23.8 Å². The third-order valence-corrected chi connectivity index (χ3v) is 7.85. The number of anilines is 1. The average molecular weight is 441 g/mol. The fraction of sp³-hybridized carbons (Fsp3) is 0.381. The summed E-state index contributed by atoms with van der Waals surface area (Å²) in [5.74, 6) is 0.775. The highest BCUT2D eigenvalue weighted by Crippen LogP contribution is 2.22. The molecule has 0 unspecified atom stereocenters. The number of amides is 1. The van der Waals surface area contributed by atoms with E-state index < -0.39 is 10.0 Å². The molecule has 2 fully saturated rings. The van der Waals surface area contributed by atoms with Gasteiger partial charge in [0.25, 0.3) is 5.91 Å². The average Bonchev–Trinajstić information content (AvgIpc) is 3.51. The summed E-state index contributed by atoms with van der Waals surface area (Å²) in [5.41, 5.74) is 1.31. The predicted octanol–water partition coefficient (Wildman–Crippen LogP) is 1.48. The van der Waals surface area contributed by atoms with Crippen LogP contribution < -0.4 is 4.90 Å². The van der Waals surface area contributed by atoms with Gasteiger partial charge in [0, 0.05) is 57.2 Å². The SMILES string of the molecule is O=C(c1ccc(S(=O)(=O)N2CCCC2)cc1)N1CCN(c2ccc3nccn3n2)CC1. The molecule has 1 amide bonds. The highest BCUT2D eigenvalue weighted by atomic mass is 32.2. The third-order valence-electron chi connectivity index (χ3n) is 5.94. The van der Waals surface area contributed by atoms with Crippen LogP contribution in [0.5, 0.6) is 0 Å². The Labute approximate surface area is 180 Å². The van der Waals surface area contributed by atoms with Gasteiger partial charge in [-0.05, 0) is 49.2 Å². The van der Waals surface area contributed by atoms with Gasteiger partial charge < -0.3 is 9.80 Å². The number of sulfonamides is 1. The number of fused-ring (bicyclic) bond motifs is 1. The van der Waals surface area contributed by atoms with Gasteiger partial charge in [0.15, 0.2) is 5.65 Å². The van der Waals surface area contributed by atoms with Crippen molar-refractivity contribution in [3.8, 4) is 0 Å². The Balaban J connectivity index is 1.24. The predicted molar refractivity (Wildman–Crippen MR) is 116 cm³/mol. The molecule has 5 rings (SSSR count). The zero-order chi connectivity index (χ0) is 21.4. The number of aromatic nitrogens is 3. The van der Waals surface area contributed by atoms with E-state index in [0.29, 0.717) is 44.8 Å². The van der Waals surface area contributed by atoms with Gasteiger partial charge in [-0.2, -0.15) is 4.31 Å². The van der Waals surface area contributed by atoms with Crippen molar-refractivity contribution in [3.05, 3.63) is 54.4 Å². The maximum atomic E-state index is 12.9. The fourth-order valence-corrected chi connectivity index (χ4v) is 5.66. The Kier molecular flexibility index (Phi) is 5.11.